The molecule has 0 bridgehead atoms. The van der Waals surface area contributed by atoms with Crippen molar-refractivity contribution in [3.63, 3.8) is 0 Å². The van der Waals surface area contributed by atoms with E-state index in [0.717, 1.165) is 48.5 Å². The molecule has 0 radical (unpaired) electrons. The summed E-state index contributed by atoms with van der Waals surface area (Å²) in [4.78, 5) is 25.6. The van der Waals surface area contributed by atoms with Gasteiger partial charge in [-0.2, -0.15) is 0 Å². The number of fused-ring (bicyclic) bond motifs is 1. The molecule has 1 amide bonds. The van der Waals surface area contributed by atoms with Crippen molar-refractivity contribution < 1.29 is 9.53 Å². The third kappa shape index (κ3) is 4.12. The molecule has 0 unspecified atom stereocenters. The van der Waals surface area contributed by atoms with E-state index < -0.39 is 0 Å². The number of thioether (sulfide) groups is 1. The molecule has 0 spiro atoms. The van der Waals surface area contributed by atoms with E-state index in [1.54, 1.807) is 11.3 Å². The summed E-state index contributed by atoms with van der Waals surface area (Å²) in [5, 5.41) is 6.63. The maximum Gasteiger partial charge on any atom is 0.264 e. The van der Waals surface area contributed by atoms with Gasteiger partial charge in [0.15, 0.2) is 5.17 Å². The van der Waals surface area contributed by atoms with E-state index in [1.165, 1.54) is 16.6 Å². The van der Waals surface area contributed by atoms with Crippen molar-refractivity contribution in [3.05, 3.63) is 63.3 Å². The van der Waals surface area contributed by atoms with Gasteiger partial charge in [0, 0.05) is 35.2 Å². The third-order valence-corrected chi connectivity index (χ3v) is 6.81. The Labute approximate surface area is 182 Å². The molecule has 0 aliphatic carbocycles. The van der Waals surface area contributed by atoms with Crippen LogP contribution in [-0.4, -0.2) is 42.4 Å². The van der Waals surface area contributed by atoms with Crippen LogP contribution in [0.1, 0.15) is 10.4 Å². The molecule has 2 aromatic heterocycles. The van der Waals surface area contributed by atoms with Gasteiger partial charge in [-0.1, -0.05) is 12.1 Å². The molecule has 1 N–H and O–H groups in total. The minimum atomic E-state index is -0.107. The predicted octanol–water partition coefficient (Wildman–Crippen LogP) is 3.89. The summed E-state index contributed by atoms with van der Waals surface area (Å²) in [5.74, 6) is -0.107. The number of carbonyl (C=O) groups is 1. The molecule has 4 heterocycles. The largest absolute Gasteiger partial charge is 0.378 e. The van der Waals surface area contributed by atoms with Crippen LogP contribution in [0.25, 0.3) is 17.0 Å². The maximum absolute atomic E-state index is 12.4. The van der Waals surface area contributed by atoms with Crippen LogP contribution in [0.5, 0.6) is 0 Å². The molecule has 30 heavy (non-hydrogen) atoms. The summed E-state index contributed by atoms with van der Waals surface area (Å²) in [6, 6.07) is 12.2. The van der Waals surface area contributed by atoms with Gasteiger partial charge in [-0.05, 0) is 53.0 Å². The molecule has 2 fully saturated rings. The van der Waals surface area contributed by atoms with E-state index >= 15 is 0 Å². The van der Waals surface area contributed by atoms with Gasteiger partial charge >= 0.3 is 0 Å². The van der Waals surface area contributed by atoms with Gasteiger partial charge in [-0.25, -0.2) is 0 Å². The highest BCUT2D eigenvalue weighted by atomic mass is 32.2. The van der Waals surface area contributed by atoms with Crippen LogP contribution in [-0.2, 0) is 16.1 Å². The highest BCUT2D eigenvalue weighted by molar-refractivity contribution is 8.18. The molecule has 152 valence electrons. The Kier molecular flexibility index (Phi) is 5.52. The Bertz CT molecular complexity index is 1140. The summed E-state index contributed by atoms with van der Waals surface area (Å²) >= 11 is 3.05. The molecule has 0 atom stereocenters. The number of morpholine rings is 1. The number of anilines is 1. The van der Waals surface area contributed by atoms with E-state index in [0.29, 0.717) is 16.6 Å². The number of rotatable bonds is 4. The first kappa shape index (κ1) is 19.3. The molecular weight excluding hydrogens is 416 g/mol. The second kappa shape index (κ2) is 8.59. The van der Waals surface area contributed by atoms with Gasteiger partial charge in [0.1, 0.15) is 0 Å². The summed E-state index contributed by atoms with van der Waals surface area (Å²) in [7, 11) is 0. The van der Waals surface area contributed by atoms with Crippen LogP contribution in [0.15, 0.2) is 57.9 Å². The average Bonchev–Trinajstić information content (AvgIpc) is 3.42. The Morgan fingerprint density at radius 1 is 1.23 bits per heavy atom. The second-order valence-corrected chi connectivity index (χ2v) is 9.03. The number of hydrogen-bond donors (Lipinski definition) is 1. The number of amidine groups is 1. The fourth-order valence-corrected chi connectivity index (χ4v) is 4.97. The number of thiophene rings is 1. The van der Waals surface area contributed by atoms with Crippen LogP contribution >= 0.6 is 23.1 Å². The lowest BCUT2D eigenvalue weighted by molar-refractivity contribution is -0.115. The van der Waals surface area contributed by atoms with Crippen molar-refractivity contribution in [1.29, 1.82) is 0 Å². The minimum Gasteiger partial charge on any atom is -0.378 e. The Balaban J connectivity index is 1.41. The quantitative estimate of drug-likeness (QED) is 0.629. The van der Waals surface area contributed by atoms with Crippen LogP contribution in [0, 0.1) is 0 Å². The number of nitrogens with zero attached hydrogens (tertiary/aromatic N) is 3. The van der Waals surface area contributed by atoms with Gasteiger partial charge in [0.05, 0.1) is 30.2 Å². The number of pyridine rings is 1. The van der Waals surface area contributed by atoms with Crippen molar-refractivity contribution in [2.75, 3.05) is 31.2 Å². The first-order valence-corrected chi connectivity index (χ1v) is 11.4. The van der Waals surface area contributed by atoms with Crippen LogP contribution < -0.4 is 10.2 Å². The fraction of sp³-hybridized carbons (Fsp3) is 0.227. The molecule has 2 aliphatic heterocycles. The summed E-state index contributed by atoms with van der Waals surface area (Å²) in [5.41, 5.74) is 3.08. The molecule has 8 heteroatoms. The lowest BCUT2D eigenvalue weighted by Crippen LogP contribution is -2.36. The predicted molar refractivity (Wildman–Crippen MR) is 124 cm³/mol. The van der Waals surface area contributed by atoms with E-state index in [2.05, 4.69) is 32.3 Å². The number of hydrogen-bond acceptors (Lipinski definition) is 7. The van der Waals surface area contributed by atoms with E-state index in [1.807, 2.05) is 41.9 Å². The number of carbonyl (C=O) groups excluding carboxylic acids is 1. The van der Waals surface area contributed by atoms with E-state index in [-0.39, 0.29) is 5.91 Å². The molecular formula is C22H20N4O2S2. The smallest absolute Gasteiger partial charge is 0.264 e. The van der Waals surface area contributed by atoms with Gasteiger partial charge < -0.3 is 15.0 Å². The maximum atomic E-state index is 12.4. The molecule has 0 saturated carbocycles. The van der Waals surface area contributed by atoms with Crippen molar-refractivity contribution in [2.45, 2.75) is 6.54 Å². The van der Waals surface area contributed by atoms with Crippen molar-refractivity contribution in [3.8, 4) is 0 Å². The molecule has 6 nitrogen and oxygen atoms in total. The fourth-order valence-electron chi connectivity index (χ4n) is 3.52. The topological polar surface area (TPSA) is 66.8 Å². The molecule has 2 saturated heterocycles. The van der Waals surface area contributed by atoms with Crippen LogP contribution in [0.2, 0.25) is 0 Å². The van der Waals surface area contributed by atoms with Crippen molar-refractivity contribution >= 4 is 56.8 Å². The minimum absolute atomic E-state index is 0.107. The number of ether oxygens (including phenoxy) is 1. The average molecular weight is 437 g/mol. The Hall–Kier alpha value is -2.68. The van der Waals surface area contributed by atoms with Crippen molar-refractivity contribution in [2.24, 2.45) is 4.99 Å². The Morgan fingerprint density at radius 2 is 2.13 bits per heavy atom. The monoisotopic (exact) mass is 436 g/mol. The SMILES string of the molecule is O=C1NC(=NCc2cccs2)S/C1=C\c1ccc2nccc(N3CCOCC3)c2c1. The zero-order chi connectivity index (χ0) is 20.3. The zero-order valence-corrected chi connectivity index (χ0v) is 17.8. The second-order valence-electron chi connectivity index (χ2n) is 6.97. The Morgan fingerprint density at radius 3 is 2.97 bits per heavy atom. The number of nitrogens with one attached hydrogen (secondary N) is 1. The standard InChI is InChI=1S/C22H20N4O2S2/c27-21-20(30-22(25-21)24-14-16-2-1-11-29-16)13-15-3-4-18-17(12-15)19(5-6-23-18)26-7-9-28-10-8-26/h1-6,11-13H,7-10,14H2,(H,24,25,27)/b20-13-. The number of aliphatic imine (C=N–C) groups is 1. The highest BCUT2D eigenvalue weighted by Crippen LogP contribution is 2.30. The molecule has 5 rings (SSSR count). The van der Waals surface area contributed by atoms with Gasteiger partial charge in [-0.15, -0.1) is 11.3 Å². The summed E-state index contributed by atoms with van der Waals surface area (Å²) < 4.78 is 5.49. The molecule has 3 aromatic rings. The molecule has 1 aromatic carbocycles. The lowest BCUT2D eigenvalue weighted by Gasteiger charge is -2.29. The highest BCUT2D eigenvalue weighted by Gasteiger charge is 2.23. The van der Waals surface area contributed by atoms with Gasteiger partial charge in [-0.3, -0.25) is 14.8 Å². The third-order valence-electron chi connectivity index (χ3n) is 5.00. The van der Waals surface area contributed by atoms with E-state index in [9.17, 15) is 4.79 Å². The number of amides is 1. The van der Waals surface area contributed by atoms with Crippen molar-refractivity contribution in [1.82, 2.24) is 10.3 Å². The number of benzene rings is 1. The zero-order valence-electron chi connectivity index (χ0n) is 16.2. The van der Waals surface area contributed by atoms with Crippen LogP contribution in [0.3, 0.4) is 0 Å². The lowest BCUT2D eigenvalue weighted by atomic mass is 10.1. The van der Waals surface area contributed by atoms with E-state index in [4.69, 9.17) is 4.74 Å². The summed E-state index contributed by atoms with van der Waals surface area (Å²) in [6.45, 7) is 3.79. The molecule has 2 aliphatic rings. The number of aromatic nitrogens is 1. The first-order valence-electron chi connectivity index (χ1n) is 9.75. The van der Waals surface area contributed by atoms with Crippen LogP contribution in [0.4, 0.5) is 5.69 Å². The van der Waals surface area contributed by atoms with Gasteiger partial charge in [0.25, 0.3) is 5.91 Å². The summed E-state index contributed by atoms with van der Waals surface area (Å²) in [6.07, 6.45) is 3.77. The first-order chi connectivity index (χ1) is 14.8. The van der Waals surface area contributed by atoms with Gasteiger partial charge in [0.2, 0.25) is 0 Å². The normalized spacial score (nSPS) is 19.7.